The topological polar surface area (TPSA) is 167 Å². The van der Waals surface area contributed by atoms with Gasteiger partial charge >= 0.3 is 19.9 Å². The van der Waals surface area contributed by atoms with Crippen LogP contribution in [0.5, 0.6) is 11.5 Å². The van der Waals surface area contributed by atoms with Crippen LogP contribution in [0.4, 0.5) is 4.79 Å². The molecular formula is C30H31Cl2N2O10P. The Labute approximate surface area is 269 Å². The highest BCUT2D eigenvalue weighted by Gasteiger charge is 2.35. The van der Waals surface area contributed by atoms with Crippen molar-refractivity contribution >= 4 is 54.8 Å². The molecule has 45 heavy (non-hydrogen) atoms. The van der Waals surface area contributed by atoms with E-state index in [1.54, 1.807) is 44.2 Å². The highest BCUT2D eigenvalue weighted by molar-refractivity contribution is 7.49. The van der Waals surface area contributed by atoms with Gasteiger partial charge in [-0.3, -0.25) is 18.9 Å². The summed E-state index contributed by atoms with van der Waals surface area (Å²) in [6, 6.07) is 17.5. The number of amides is 2. The predicted octanol–water partition coefficient (Wildman–Crippen LogP) is 6.06. The molecule has 0 aliphatic carbocycles. The van der Waals surface area contributed by atoms with Crippen molar-refractivity contribution in [3.63, 3.8) is 0 Å². The number of aliphatic carboxylic acids is 1. The van der Waals surface area contributed by atoms with Crippen molar-refractivity contribution in [1.29, 1.82) is 0 Å². The van der Waals surface area contributed by atoms with E-state index < -0.39 is 62.6 Å². The Bertz CT molecular complexity index is 1450. The molecule has 0 unspecified atom stereocenters. The lowest BCUT2D eigenvalue weighted by Crippen LogP contribution is -2.54. The fourth-order valence-corrected chi connectivity index (χ4v) is 5.11. The van der Waals surface area contributed by atoms with E-state index in [0.717, 1.165) is 5.56 Å². The van der Waals surface area contributed by atoms with Gasteiger partial charge in [0.2, 0.25) is 5.91 Å². The number of phosphoric ester groups is 1. The Morgan fingerprint density at radius 2 is 1.36 bits per heavy atom. The van der Waals surface area contributed by atoms with Crippen molar-refractivity contribution in [1.82, 2.24) is 10.6 Å². The number of ether oxygens (including phenoxy) is 1. The van der Waals surface area contributed by atoms with E-state index in [9.17, 15) is 28.8 Å². The molecule has 3 aromatic rings. The largest absolute Gasteiger partial charge is 0.588 e. The predicted molar refractivity (Wildman–Crippen MR) is 165 cm³/mol. The van der Waals surface area contributed by atoms with Gasteiger partial charge in [0.15, 0.2) is 5.78 Å². The molecule has 0 saturated heterocycles. The van der Waals surface area contributed by atoms with Gasteiger partial charge in [0.1, 0.15) is 36.8 Å². The smallest absolute Gasteiger partial charge is 0.481 e. The number of carboxylic acid groups (broad SMARTS) is 1. The van der Waals surface area contributed by atoms with Gasteiger partial charge in [-0.2, -0.15) is 0 Å². The number of Topliss-reactive ketones (excluding diaryl/α,β-unsaturated/α-hetero) is 1. The molecule has 3 rings (SSSR count). The summed E-state index contributed by atoms with van der Waals surface area (Å²) in [7, 11) is -4.58. The molecule has 0 heterocycles. The Morgan fingerprint density at radius 3 is 1.84 bits per heavy atom. The van der Waals surface area contributed by atoms with Crippen LogP contribution < -0.4 is 19.7 Å². The van der Waals surface area contributed by atoms with Crippen LogP contribution >= 0.6 is 31.0 Å². The number of carbonyl (C=O) groups excluding carboxylic acids is 3. The standard InChI is InChI=1S/C30H31Cl2N2O10P/c1-19(2)28(34-30(39)41-17-20-6-4-3-5-7-20)29(38)33-25(16-27(36)37)26(35)18-42-45(40,43-23-12-8-21(31)9-13-23)44-24-14-10-22(32)11-15-24/h3-15,19,25,28H,16-18H2,1-2H3,(H,33,38)(H,34,39)(H,36,37)/t25-,28-/m0/s1. The second-order valence-corrected chi connectivity index (χ2v) is 12.3. The molecule has 2 atom stereocenters. The van der Waals surface area contributed by atoms with Crippen molar-refractivity contribution in [3.8, 4) is 11.5 Å². The van der Waals surface area contributed by atoms with Crippen molar-refractivity contribution in [2.45, 2.75) is 39.0 Å². The van der Waals surface area contributed by atoms with Crippen molar-refractivity contribution in [3.05, 3.63) is 94.5 Å². The van der Waals surface area contributed by atoms with Crippen LogP contribution in [0.1, 0.15) is 25.8 Å². The zero-order chi connectivity index (χ0) is 33.0. The zero-order valence-electron chi connectivity index (χ0n) is 24.2. The molecule has 3 aromatic carbocycles. The van der Waals surface area contributed by atoms with Crippen molar-refractivity contribution in [2.75, 3.05) is 6.61 Å². The Balaban J connectivity index is 1.70. The van der Waals surface area contributed by atoms with Crippen molar-refractivity contribution < 1.29 is 47.2 Å². The number of carboxylic acids is 1. The molecule has 2 amide bonds. The molecule has 0 spiro atoms. The molecule has 0 bridgehead atoms. The minimum atomic E-state index is -4.58. The van der Waals surface area contributed by atoms with Gasteiger partial charge in [-0.15, -0.1) is 0 Å². The van der Waals surface area contributed by atoms with Crippen molar-refractivity contribution in [2.24, 2.45) is 5.92 Å². The van der Waals surface area contributed by atoms with Gasteiger partial charge in [-0.05, 0) is 60.0 Å². The zero-order valence-corrected chi connectivity index (χ0v) is 26.6. The normalized spacial score (nSPS) is 12.5. The first-order chi connectivity index (χ1) is 21.3. The lowest BCUT2D eigenvalue weighted by molar-refractivity contribution is -0.140. The summed E-state index contributed by atoms with van der Waals surface area (Å²) in [5, 5.41) is 14.9. The van der Waals surface area contributed by atoms with E-state index >= 15 is 0 Å². The first-order valence-corrected chi connectivity index (χ1v) is 15.7. The van der Waals surface area contributed by atoms with E-state index in [0.29, 0.717) is 10.0 Å². The maximum absolute atomic E-state index is 13.6. The Kier molecular flexibility index (Phi) is 13.2. The molecule has 12 nitrogen and oxygen atoms in total. The third-order valence-corrected chi connectivity index (χ3v) is 7.76. The molecule has 15 heteroatoms. The quantitative estimate of drug-likeness (QED) is 0.151. The van der Waals surface area contributed by atoms with Gasteiger partial charge in [-0.25, -0.2) is 9.36 Å². The summed E-state index contributed by atoms with van der Waals surface area (Å²) in [6.07, 6.45) is -1.73. The van der Waals surface area contributed by atoms with Crippen LogP contribution in [0.3, 0.4) is 0 Å². The van der Waals surface area contributed by atoms with Gasteiger partial charge in [0.05, 0.1) is 6.42 Å². The first kappa shape index (κ1) is 35.4. The fraction of sp³-hybridized carbons (Fsp3) is 0.267. The number of ketones is 1. The number of phosphoric acid groups is 1. The highest BCUT2D eigenvalue weighted by Crippen LogP contribution is 2.49. The molecule has 0 aliphatic rings. The lowest BCUT2D eigenvalue weighted by Gasteiger charge is -2.25. The summed E-state index contributed by atoms with van der Waals surface area (Å²) in [5.41, 5.74) is 0.725. The Hall–Kier alpha value is -4.09. The summed E-state index contributed by atoms with van der Waals surface area (Å²) >= 11 is 11.8. The number of hydrogen-bond acceptors (Lipinski definition) is 9. The minimum Gasteiger partial charge on any atom is -0.481 e. The highest BCUT2D eigenvalue weighted by atomic mass is 35.5. The second kappa shape index (κ2) is 16.8. The van der Waals surface area contributed by atoms with Crippen LogP contribution in [0.2, 0.25) is 10.0 Å². The number of carbonyl (C=O) groups is 4. The van der Waals surface area contributed by atoms with E-state index in [1.807, 2.05) is 0 Å². The van der Waals surface area contributed by atoms with Crippen LogP contribution in [-0.2, 0) is 34.8 Å². The van der Waals surface area contributed by atoms with Gasteiger partial charge < -0.3 is 29.5 Å². The molecule has 0 radical (unpaired) electrons. The number of halogens is 2. The van der Waals surface area contributed by atoms with E-state index in [1.165, 1.54) is 48.5 Å². The molecular weight excluding hydrogens is 650 g/mol. The van der Waals surface area contributed by atoms with Crippen LogP contribution in [0.25, 0.3) is 0 Å². The molecule has 0 fully saturated rings. The Morgan fingerprint density at radius 1 is 0.822 bits per heavy atom. The summed E-state index contributed by atoms with van der Waals surface area (Å²) in [6.45, 7) is 2.25. The minimum absolute atomic E-state index is 0.0320. The molecule has 240 valence electrons. The number of hydrogen-bond donors (Lipinski definition) is 3. The maximum atomic E-state index is 13.6. The monoisotopic (exact) mass is 680 g/mol. The van der Waals surface area contributed by atoms with Crippen LogP contribution in [-0.4, -0.2) is 47.6 Å². The van der Waals surface area contributed by atoms with E-state index in [2.05, 4.69) is 10.6 Å². The third-order valence-electron chi connectivity index (χ3n) is 5.95. The number of rotatable bonds is 16. The summed E-state index contributed by atoms with van der Waals surface area (Å²) in [5.74, 6) is -3.64. The van der Waals surface area contributed by atoms with E-state index in [4.69, 9.17) is 41.5 Å². The lowest BCUT2D eigenvalue weighted by atomic mass is 10.0. The average molecular weight is 681 g/mol. The van der Waals surface area contributed by atoms with Crippen LogP contribution in [0.15, 0.2) is 78.9 Å². The second-order valence-electron chi connectivity index (χ2n) is 9.86. The molecule has 0 aliphatic heterocycles. The number of alkyl carbamates (subject to hydrolysis) is 1. The van der Waals surface area contributed by atoms with Gasteiger partial charge in [-0.1, -0.05) is 67.4 Å². The fourth-order valence-electron chi connectivity index (χ4n) is 3.67. The third kappa shape index (κ3) is 12.1. The molecule has 0 saturated carbocycles. The van der Waals surface area contributed by atoms with Gasteiger partial charge in [0, 0.05) is 10.0 Å². The average Bonchev–Trinajstić information content (AvgIpc) is 2.99. The summed E-state index contributed by atoms with van der Waals surface area (Å²) < 4.78 is 35.0. The SMILES string of the molecule is CC(C)[C@H](NC(=O)OCc1ccccc1)C(=O)N[C@@H](CC(=O)O)C(=O)COP(=O)(Oc1ccc(Cl)cc1)Oc1ccc(Cl)cc1. The number of benzene rings is 3. The maximum Gasteiger partial charge on any atom is 0.588 e. The summed E-state index contributed by atoms with van der Waals surface area (Å²) in [4.78, 5) is 50.3. The molecule has 0 aromatic heterocycles. The number of nitrogens with one attached hydrogen (secondary N) is 2. The van der Waals surface area contributed by atoms with Gasteiger partial charge in [0.25, 0.3) is 0 Å². The van der Waals surface area contributed by atoms with Crippen LogP contribution in [0, 0.1) is 5.92 Å². The molecule has 3 N–H and O–H groups in total. The first-order valence-electron chi connectivity index (χ1n) is 13.5. The van der Waals surface area contributed by atoms with E-state index in [-0.39, 0.29) is 18.1 Å².